The minimum Gasteiger partial charge on any atom is -0.337 e. The second kappa shape index (κ2) is 4.30. The molecule has 2 rings (SSSR count). The summed E-state index contributed by atoms with van der Waals surface area (Å²) in [6.07, 6.45) is 5.27. The molecule has 80 valence electrons. The van der Waals surface area contributed by atoms with Crippen LogP contribution in [0.2, 0.25) is 0 Å². The van der Waals surface area contributed by atoms with Crippen LogP contribution in [0.25, 0.3) is 0 Å². The van der Waals surface area contributed by atoms with Crippen LogP contribution < -0.4 is 5.32 Å². The average molecular weight is 196 g/mol. The maximum atomic E-state index is 11.7. The zero-order valence-corrected chi connectivity index (χ0v) is 8.96. The molecule has 0 aliphatic carbocycles. The van der Waals surface area contributed by atoms with Crippen molar-refractivity contribution in [2.75, 3.05) is 13.1 Å². The van der Waals surface area contributed by atoms with E-state index >= 15 is 0 Å². The standard InChI is InChI=1S/C11H20N2O/c1-2-9-3-4-11(14)13(9)10-5-7-12-8-6-10/h9-10,12H,2-8H2,1H3/t9-/m0/s1. The molecule has 2 heterocycles. The number of piperidine rings is 1. The van der Waals surface area contributed by atoms with Crippen molar-refractivity contribution in [2.24, 2.45) is 0 Å². The van der Waals surface area contributed by atoms with Crippen LogP contribution in [-0.4, -0.2) is 36.0 Å². The van der Waals surface area contributed by atoms with E-state index < -0.39 is 0 Å². The Morgan fingerprint density at radius 1 is 1.36 bits per heavy atom. The van der Waals surface area contributed by atoms with Gasteiger partial charge in [0.2, 0.25) is 5.91 Å². The molecular formula is C11H20N2O. The summed E-state index contributed by atoms with van der Waals surface area (Å²) < 4.78 is 0. The zero-order chi connectivity index (χ0) is 9.97. The molecule has 0 aromatic heterocycles. The lowest BCUT2D eigenvalue weighted by atomic mass is 10.0. The number of rotatable bonds is 2. The Labute approximate surface area is 85.8 Å². The summed E-state index contributed by atoms with van der Waals surface area (Å²) in [4.78, 5) is 13.9. The summed E-state index contributed by atoms with van der Waals surface area (Å²) in [5.74, 6) is 0.392. The fraction of sp³-hybridized carbons (Fsp3) is 0.909. The van der Waals surface area contributed by atoms with Gasteiger partial charge in [-0.15, -0.1) is 0 Å². The molecule has 14 heavy (non-hydrogen) atoms. The van der Waals surface area contributed by atoms with Gasteiger partial charge >= 0.3 is 0 Å². The molecule has 0 unspecified atom stereocenters. The van der Waals surface area contributed by atoms with Crippen molar-refractivity contribution in [3.05, 3.63) is 0 Å². The molecule has 0 aromatic rings. The first-order chi connectivity index (χ1) is 6.83. The van der Waals surface area contributed by atoms with Gasteiger partial charge in [-0.05, 0) is 38.8 Å². The highest BCUT2D eigenvalue weighted by molar-refractivity contribution is 5.79. The molecule has 0 saturated carbocycles. The van der Waals surface area contributed by atoms with E-state index in [1.807, 2.05) is 0 Å². The van der Waals surface area contributed by atoms with Gasteiger partial charge in [0.1, 0.15) is 0 Å². The number of nitrogens with one attached hydrogen (secondary N) is 1. The quantitative estimate of drug-likeness (QED) is 0.718. The van der Waals surface area contributed by atoms with E-state index in [1.54, 1.807) is 0 Å². The number of amides is 1. The van der Waals surface area contributed by atoms with Gasteiger partial charge in [-0.3, -0.25) is 4.79 Å². The highest BCUT2D eigenvalue weighted by atomic mass is 16.2. The van der Waals surface area contributed by atoms with Crippen LogP contribution in [0, 0.1) is 0 Å². The number of hydrogen-bond acceptors (Lipinski definition) is 2. The molecular weight excluding hydrogens is 176 g/mol. The molecule has 0 radical (unpaired) electrons. The third-order valence-electron chi connectivity index (χ3n) is 3.55. The van der Waals surface area contributed by atoms with Crippen LogP contribution in [0.4, 0.5) is 0 Å². The van der Waals surface area contributed by atoms with Crippen molar-refractivity contribution in [1.29, 1.82) is 0 Å². The van der Waals surface area contributed by atoms with Crippen molar-refractivity contribution in [2.45, 2.75) is 51.1 Å². The SMILES string of the molecule is CC[C@H]1CCC(=O)N1C1CCNCC1. The Morgan fingerprint density at radius 3 is 2.71 bits per heavy atom. The first kappa shape index (κ1) is 9.97. The van der Waals surface area contributed by atoms with Crippen LogP contribution in [0.1, 0.15) is 39.0 Å². The number of hydrogen-bond donors (Lipinski definition) is 1. The van der Waals surface area contributed by atoms with Crippen LogP contribution >= 0.6 is 0 Å². The maximum absolute atomic E-state index is 11.7. The molecule has 0 aromatic carbocycles. The third-order valence-corrected chi connectivity index (χ3v) is 3.55. The lowest BCUT2D eigenvalue weighted by Crippen LogP contribution is -2.47. The molecule has 2 fully saturated rings. The first-order valence-electron chi connectivity index (χ1n) is 5.84. The predicted molar refractivity (Wildman–Crippen MR) is 56.1 cm³/mol. The molecule has 0 bridgehead atoms. The zero-order valence-electron chi connectivity index (χ0n) is 8.96. The molecule has 1 N–H and O–H groups in total. The van der Waals surface area contributed by atoms with E-state index in [4.69, 9.17) is 0 Å². The Morgan fingerprint density at radius 2 is 2.07 bits per heavy atom. The number of likely N-dealkylation sites (tertiary alicyclic amines) is 1. The Hall–Kier alpha value is -0.570. The third kappa shape index (κ3) is 1.78. The van der Waals surface area contributed by atoms with Gasteiger partial charge < -0.3 is 10.2 Å². The molecule has 2 saturated heterocycles. The summed E-state index contributed by atoms with van der Waals surface area (Å²) >= 11 is 0. The second-order valence-electron chi connectivity index (χ2n) is 4.38. The van der Waals surface area contributed by atoms with Gasteiger partial charge in [-0.1, -0.05) is 6.92 Å². The smallest absolute Gasteiger partial charge is 0.223 e. The minimum absolute atomic E-state index is 0.392. The highest BCUT2D eigenvalue weighted by Gasteiger charge is 2.35. The minimum atomic E-state index is 0.392. The fourth-order valence-corrected chi connectivity index (χ4v) is 2.75. The summed E-state index contributed by atoms with van der Waals surface area (Å²) in [5.41, 5.74) is 0. The number of carbonyl (C=O) groups excluding carboxylic acids is 1. The van der Waals surface area contributed by atoms with Gasteiger partial charge in [-0.2, -0.15) is 0 Å². The topological polar surface area (TPSA) is 32.3 Å². The van der Waals surface area contributed by atoms with Crippen molar-refractivity contribution < 1.29 is 4.79 Å². The molecule has 3 nitrogen and oxygen atoms in total. The molecule has 2 aliphatic rings. The van der Waals surface area contributed by atoms with Crippen LogP contribution in [0.3, 0.4) is 0 Å². The van der Waals surface area contributed by atoms with Gasteiger partial charge in [0.15, 0.2) is 0 Å². The summed E-state index contributed by atoms with van der Waals surface area (Å²) in [6.45, 7) is 4.34. The Balaban J connectivity index is 2.01. The largest absolute Gasteiger partial charge is 0.337 e. The molecule has 1 amide bonds. The predicted octanol–water partition coefficient (Wildman–Crippen LogP) is 1.14. The fourth-order valence-electron chi connectivity index (χ4n) is 2.75. The Kier molecular flexibility index (Phi) is 3.06. The van der Waals surface area contributed by atoms with E-state index in [-0.39, 0.29) is 0 Å². The lowest BCUT2D eigenvalue weighted by molar-refractivity contribution is -0.131. The second-order valence-corrected chi connectivity index (χ2v) is 4.38. The van der Waals surface area contributed by atoms with Crippen molar-refractivity contribution in [1.82, 2.24) is 10.2 Å². The average Bonchev–Trinajstić information content (AvgIpc) is 2.61. The van der Waals surface area contributed by atoms with Crippen LogP contribution in [0.5, 0.6) is 0 Å². The van der Waals surface area contributed by atoms with Gasteiger partial charge in [0.05, 0.1) is 0 Å². The van der Waals surface area contributed by atoms with E-state index in [1.165, 1.54) is 0 Å². The Bertz CT molecular complexity index is 211. The van der Waals surface area contributed by atoms with Crippen molar-refractivity contribution in [3.8, 4) is 0 Å². The van der Waals surface area contributed by atoms with Gasteiger partial charge in [0, 0.05) is 18.5 Å². The van der Waals surface area contributed by atoms with E-state index in [0.29, 0.717) is 18.0 Å². The van der Waals surface area contributed by atoms with Crippen LogP contribution in [0.15, 0.2) is 0 Å². The van der Waals surface area contributed by atoms with Crippen molar-refractivity contribution in [3.63, 3.8) is 0 Å². The van der Waals surface area contributed by atoms with E-state index in [9.17, 15) is 4.79 Å². The maximum Gasteiger partial charge on any atom is 0.223 e. The number of carbonyl (C=O) groups is 1. The molecule has 3 heteroatoms. The monoisotopic (exact) mass is 196 g/mol. The summed E-state index contributed by atoms with van der Waals surface area (Å²) in [7, 11) is 0. The summed E-state index contributed by atoms with van der Waals surface area (Å²) in [5, 5.41) is 3.35. The van der Waals surface area contributed by atoms with Crippen LogP contribution in [-0.2, 0) is 4.79 Å². The van der Waals surface area contributed by atoms with Gasteiger partial charge in [0.25, 0.3) is 0 Å². The summed E-state index contributed by atoms with van der Waals surface area (Å²) in [6, 6.07) is 1.06. The molecule has 2 aliphatic heterocycles. The highest BCUT2D eigenvalue weighted by Crippen LogP contribution is 2.27. The van der Waals surface area contributed by atoms with E-state index in [0.717, 1.165) is 45.2 Å². The number of nitrogens with zero attached hydrogens (tertiary/aromatic N) is 1. The molecule has 1 atom stereocenters. The normalized spacial score (nSPS) is 29.9. The van der Waals surface area contributed by atoms with Gasteiger partial charge in [-0.25, -0.2) is 0 Å². The van der Waals surface area contributed by atoms with E-state index in [2.05, 4.69) is 17.1 Å². The van der Waals surface area contributed by atoms with Crippen molar-refractivity contribution >= 4 is 5.91 Å². The molecule has 0 spiro atoms. The first-order valence-corrected chi connectivity index (χ1v) is 5.84. The lowest BCUT2D eigenvalue weighted by Gasteiger charge is -2.35.